The molecule has 0 bridgehead atoms. The molecule has 21 heavy (non-hydrogen) atoms. The van der Waals surface area contributed by atoms with Crippen LogP contribution < -0.4 is 0 Å². The van der Waals surface area contributed by atoms with Gasteiger partial charge in [0.25, 0.3) is 0 Å². The topological polar surface area (TPSA) is 251 Å². The standard InChI is InChI=1S/C6H12O6.Ca.2NO3/c7-1-3(9)5(11)6(12)4(10)2-8;;2*2-1(3)4/h1,3-6,8-12H,2H2;;;/q;+2;2*-1/t3-,4+,5+,6+;;;/m0.../s1. The van der Waals surface area contributed by atoms with Crippen LogP contribution in [-0.4, -0.2) is 111 Å². The molecule has 0 aliphatic carbocycles. The third kappa shape index (κ3) is 24.5. The summed E-state index contributed by atoms with van der Waals surface area (Å²) in [6.07, 6.45) is -6.84. The maximum absolute atomic E-state index is 9.90. The number of aliphatic hydroxyl groups excluding tert-OH is 5. The molecule has 0 aromatic carbocycles. The Balaban J connectivity index is -0.000000134. The second kappa shape index (κ2) is 17.2. The van der Waals surface area contributed by atoms with Gasteiger partial charge in [-0.1, -0.05) is 0 Å². The maximum Gasteiger partial charge on any atom is 2.00 e. The molecule has 0 aromatic rings. The van der Waals surface area contributed by atoms with Gasteiger partial charge in [0.2, 0.25) is 0 Å². The van der Waals surface area contributed by atoms with Gasteiger partial charge in [0, 0.05) is 0 Å². The predicted molar refractivity (Wildman–Crippen MR) is 63.7 cm³/mol. The van der Waals surface area contributed by atoms with Gasteiger partial charge in [-0.2, -0.15) is 0 Å². The van der Waals surface area contributed by atoms with Crippen LogP contribution >= 0.6 is 0 Å². The van der Waals surface area contributed by atoms with Crippen LogP contribution in [0.2, 0.25) is 0 Å². The Morgan fingerprint density at radius 1 is 0.905 bits per heavy atom. The Labute approximate surface area is 146 Å². The molecule has 14 nitrogen and oxygen atoms in total. The Kier molecular flexibility index (Phi) is 23.2. The molecule has 0 saturated carbocycles. The van der Waals surface area contributed by atoms with Crippen LogP contribution in [0.4, 0.5) is 0 Å². The Hall–Kier alpha value is -0.870. The van der Waals surface area contributed by atoms with Gasteiger partial charge >= 0.3 is 37.7 Å². The van der Waals surface area contributed by atoms with E-state index in [4.69, 9.17) is 56.2 Å². The molecule has 15 heteroatoms. The van der Waals surface area contributed by atoms with Crippen LogP contribution in [0.5, 0.6) is 0 Å². The molecule has 0 aromatic heterocycles. The Morgan fingerprint density at radius 3 is 1.38 bits per heavy atom. The van der Waals surface area contributed by atoms with Crippen LogP contribution in [0, 0.1) is 30.6 Å². The summed E-state index contributed by atoms with van der Waals surface area (Å²) >= 11 is 0. The monoisotopic (exact) mass is 344 g/mol. The van der Waals surface area contributed by atoms with Gasteiger partial charge in [-0.25, -0.2) is 0 Å². The van der Waals surface area contributed by atoms with Crippen LogP contribution in [0.1, 0.15) is 0 Å². The fourth-order valence-corrected chi connectivity index (χ4v) is 0.618. The van der Waals surface area contributed by atoms with E-state index in [1.165, 1.54) is 0 Å². The molecular formula is C6H12CaN2O12. The van der Waals surface area contributed by atoms with E-state index in [0.29, 0.717) is 0 Å². The molecule has 0 radical (unpaired) electrons. The van der Waals surface area contributed by atoms with E-state index >= 15 is 0 Å². The minimum absolute atomic E-state index is 0. The molecule has 0 spiro atoms. The molecule has 0 aliphatic heterocycles. The quantitative estimate of drug-likeness (QED) is 0.137. The van der Waals surface area contributed by atoms with Crippen LogP contribution in [0.15, 0.2) is 0 Å². The summed E-state index contributed by atoms with van der Waals surface area (Å²) in [4.78, 5) is 26.4. The average molecular weight is 344 g/mol. The third-order valence-corrected chi connectivity index (χ3v) is 1.42. The molecule has 0 fully saturated rings. The smallest absolute Gasteiger partial charge is 0.394 e. The zero-order valence-corrected chi connectivity index (χ0v) is 12.5. The fraction of sp³-hybridized carbons (Fsp3) is 0.833. The number of nitrogens with zero attached hydrogens (tertiary/aromatic N) is 2. The third-order valence-electron chi connectivity index (χ3n) is 1.42. The number of hydrogen-bond donors (Lipinski definition) is 5. The summed E-state index contributed by atoms with van der Waals surface area (Å²) in [6.45, 7) is -0.760. The molecule has 0 saturated heterocycles. The van der Waals surface area contributed by atoms with E-state index in [2.05, 4.69) is 0 Å². The fourth-order valence-electron chi connectivity index (χ4n) is 0.618. The van der Waals surface area contributed by atoms with Crippen molar-refractivity contribution in [3.05, 3.63) is 30.6 Å². The summed E-state index contributed by atoms with van der Waals surface area (Å²) in [5.74, 6) is 0. The van der Waals surface area contributed by atoms with Crippen molar-refractivity contribution >= 4 is 44.0 Å². The second-order valence-corrected chi connectivity index (χ2v) is 2.80. The molecule has 0 aliphatic rings. The van der Waals surface area contributed by atoms with E-state index in [-0.39, 0.29) is 44.0 Å². The van der Waals surface area contributed by atoms with E-state index in [9.17, 15) is 4.79 Å². The minimum atomic E-state index is -1.79. The Bertz CT molecular complexity index is 271. The second-order valence-electron chi connectivity index (χ2n) is 2.80. The molecule has 0 heterocycles. The SMILES string of the molecule is O=C[C@H](O)[C@@H](O)[C@H](O)[C@H](O)CO.O=[N+]([O-])[O-].O=[N+]([O-])[O-].[Ca+2]. The van der Waals surface area contributed by atoms with Crippen molar-refractivity contribution in [2.24, 2.45) is 0 Å². The van der Waals surface area contributed by atoms with E-state index < -0.39 is 41.2 Å². The summed E-state index contributed by atoms with van der Waals surface area (Å²) < 4.78 is 0. The zero-order chi connectivity index (χ0) is 16.9. The summed E-state index contributed by atoms with van der Waals surface area (Å²) in [7, 11) is 0. The molecule has 4 atom stereocenters. The molecule has 0 amide bonds. The molecule has 120 valence electrons. The first-order valence-corrected chi connectivity index (χ1v) is 4.42. The van der Waals surface area contributed by atoms with Crippen LogP contribution in [0.25, 0.3) is 0 Å². The normalized spacial score (nSPS) is 14.3. The van der Waals surface area contributed by atoms with Crippen molar-refractivity contribution in [2.45, 2.75) is 24.4 Å². The largest absolute Gasteiger partial charge is 2.00 e. The number of rotatable bonds is 5. The maximum atomic E-state index is 9.90. The Morgan fingerprint density at radius 2 is 1.19 bits per heavy atom. The number of aliphatic hydroxyl groups is 5. The van der Waals surface area contributed by atoms with Crippen molar-refractivity contribution in [3.8, 4) is 0 Å². The number of hydrogen-bond acceptors (Lipinski definition) is 12. The number of aldehydes is 1. The molecule has 0 rings (SSSR count). The number of carbonyl (C=O) groups is 1. The van der Waals surface area contributed by atoms with Crippen LogP contribution in [-0.2, 0) is 4.79 Å². The number of carbonyl (C=O) groups excluding carboxylic acids is 1. The summed E-state index contributed by atoms with van der Waals surface area (Å²) in [5, 5.41) is 73.0. The first-order valence-electron chi connectivity index (χ1n) is 4.42. The van der Waals surface area contributed by atoms with E-state index in [1.54, 1.807) is 0 Å². The van der Waals surface area contributed by atoms with Gasteiger partial charge in [0.1, 0.15) is 24.4 Å². The van der Waals surface area contributed by atoms with Gasteiger partial charge in [-0.15, -0.1) is 0 Å². The van der Waals surface area contributed by atoms with Gasteiger partial charge in [0.15, 0.2) is 6.29 Å². The van der Waals surface area contributed by atoms with E-state index in [1.807, 2.05) is 0 Å². The first kappa shape index (κ1) is 28.3. The van der Waals surface area contributed by atoms with Crippen LogP contribution in [0.3, 0.4) is 0 Å². The average Bonchev–Trinajstić information content (AvgIpc) is 2.33. The van der Waals surface area contributed by atoms with Crippen molar-refractivity contribution in [1.82, 2.24) is 0 Å². The zero-order valence-electron chi connectivity index (χ0n) is 10.3. The molecular weight excluding hydrogens is 332 g/mol. The van der Waals surface area contributed by atoms with Crippen molar-refractivity contribution in [2.75, 3.05) is 6.61 Å². The first-order chi connectivity index (χ1) is 9.00. The van der Waals surface area contributed by atoms with Crippen molar-refractivity contribution < 1.29 is 40.5 Å². The van der Waals surface area contributed by atoms with Gasteiger partial charge < -0.3 is 61.0 Å². The van der Waals surface area contributed by atoms with Gasteiger partial charge in [-0.05, 0) is 0 Å². The van der Waals surface area contributed by atoms with Gasteiger partial charge in [-0.3, -0.25) is 0 Å². The van der Waals surface area contributed by atoms with Crippen molar-refractivity contribution in [1.29, 1.82) is 0 Å². The predicted octanol–water partition coefficient (Wildman–Crippen LogP) is -4.24. The van der Waals surface area contributed by atoms with Crippen molar-refractivity contribution in [3.63, 3.8) is 0 Å². The summed E-state index contributed by atoms with van der Waals surface area (Å²) in [6, 6.07) is 0. The molecule has 0 unspecified atom stereocenters. The molecule has 5 N–H and O–H groups in total. The van der Waals surface area contributed by atoms with E-state index in [0.717, 1.165) is 0 Å². The summed E-state index contributed by atoms with van der Waals surface area (Å²) in [5.41, 5.74) is 0. The minimum Gasteiger partial charge on any atom is -0.394 e. The van der Waals surface area contributed by atoms with Gasteiger partial charge in [0.05, 0.1) is 16.8 Å².